The Morgan fingerprint density at radius 1 is 0.308 bits per heavy atom. The van der Waals surface area contributed by atoms with Gasteiger partial charge in [-0.15, -0.1) is 0 Å². The number of phosphoric acid groups is 2. The number of hydrogen-bond acceptors (Lipinski definition) is 15. The fraction of sp³-hybridized carbons (Fsp3) is 0.944. The van der Waals surface area contributed by atoms with Crippen molar-refractivity contribution in [1.29, 1.82) is 0 Å². The molecule has 0 spiro atoms. The van der Waals surface area contributed by atoms with Gasteiger partial charge in [0.05, 0.1) is 26.4 Å². The molecule has 0 aliphatic carbocycles. The second-order valence-electron chi connectivity index (χ2n) is 27.4. The van der Waals surface area contributed by atoms with E-state index in [9.17, 15) is 43.2 Å². The summed E-state index contributed by atoms with van der Waals surface area (Å²) in [5.41, 5.74) is 0. The Morgan fingerprint density at radius 2 is 0.527 bits per heavy atom. The standard InChI is InChI=1S/C72H140O17P2/c1-9-64(7)50-42-34-26-19-21-28-36-44-52-69(74)82-58-67(89-72(77)55-47-39-30-22-20-27-35-43-51-65(8)10-2)60-86-90(78,79)84-56-66(73)57-85-91(80,81)87-61-68(59-83-70(75)53-45-37-31-23-25-33-41-49-63(5)6)88-71(76)54-46-38-29-18-16-14-12-11-13-15-17-24-32-40-48-62(3)4/h62-68,73H,9-61H2,1-8H3,(H,78,79)(H,80,81)/t64?,65?,66?,67-,68-/m1/s1. The molecule has 19 heteroatoms. The van der Waals surface area contributed by atoms with E-state index in [4.69, 9.17) is 37.0 Å². The van der Waals surface area contributed by atoms with Crippen molar-refractivity contribution in [3.8, 4) is 0 Å². The van der Waals surface area contributed by atoms with Gasteiger partial charge in [0, 0.05) is 25.7 Å². The van der Waals surface area contributed by atoms with Crippen LogP contribution in [0.4, 0.5) is 0 Å². The summed E-state index contributed by atoms with van der Waals surface area (Å²) < 4.78 is 68.4. The first-order valence-electron chi connectivity index (χ1n) is 37.3. The van der Waals surface area contributed by atoms with E-state index in [0.717, 1.165) is 114 Å². The van der Waals surface area contributed by atoms with Crippen LogP contribution >= 0.6 is 15.6 Å². The van der Waals surface area contributed by atoms with E-state index in [1.54, 1.807) is 0 Å². The van der Waals surface area contributed by atoms with Crippen molar-refractivity contribution in [3.05, 3.63) is 0 Å². The third kappa shape index (κ3) is 63.9. The van der Waals surface area contributed by atoms with Crippen LogP contribution in [0.3, 0.4) is 0 Å². The van der Waals surface area contributed by atoms with E-state index in [-0.39, 0.29) is 25.7 Å². The van der Waals surface area contributed by atoms with Crippen molar-refractivity contribution in [2.24, 2.45) is 23.7 Å². The molecule has 5 unspecified atom stereocenters. The minimum atomic E-state index is -4.95. The summed E-state index contributed by atoms with van der Waals surface area (Å²) in [7, 11) is -9.91. The second kappa shape index (κ2) is 61.6. The Labute approximate surface area is 556 Å². The lowest BCUT2D eigenvalue weighted by molar-refractivity contribution is -0.161. The van der Waals surface area contributed by atoms with Crippen LogP contribution in [0, 0.1) is 23.7 Å². The predicted octanol–water partition coefficient (Wildman–Crippen LogP) is 20.5. The Balaban J connectivity index is 5.25. The second-order valence-corrected chi connectivity index (χ2v) is 30.3. The molecule has 91 heavy (non-hydrogen) atoms. The van der Waals surface area contributed by atoms with Gasteiger partial charge in [0.15, 0.2) is 12.2 Å². The first-order valence-corrected chi connectivity index (χ1v) is 40.3. The summed E-state index contributed by atoms with van der Waals surface area (Å²) >= 11 is 0. The maximum atomic E-state index is 13.0. The van der Waals surface area contributed by atoms with E-state index in [1.807, 2.05) is 0 Å². The average molecular weight is 1340 g/mol. The molecule has 0 aromatic carbocycles. The number of aliphatic hydroxyl groups excluding tert-OH is 1. The van der Waals surface area contributed by atoms with Gasteiger partial charge in [0.1, 0.15) is 19.3 Å². The highest BCUT2D eigenvalue weighted by Crippen LogP contribution is 2.45. The highest BCUT2D eigenvalue weighted by atomic mass is 31.2. The van der Waals surface area contributed by atoms with E-state index in [1.165, 1.54) is 154 Å². The van der Waals surface area contributed by atoms with Crippen LogP contribution in [0.1, 0.15) is 357 Å². The van der Waals surface area contributed by atoms with Crippen molar-refractivity contribution < 1.29 is 80.2 Å². The molecular formula is C72H140O17P2. The van der Waals surface area contributed by atoms with Gasteiger partial charge in [-0.2, -0.15) is 0 Å². The summed E-state index contributed by atoms with van der Waals surface area (Å²) in [5.74, 6) is 0.919. The number of rotatable bonds is 69. The molecule has 0 fully saturated rings. The predicted molar refractivity (Wildman–Crippen MR) is 367 cm³/mol. The number of carbonyl (C=O) groups is 4. The van der Waals surface area contributed by atoms with Crippen LogP contribution in [-0.4, -0.2) is 96.7 Å². The quantitative estimate of drug-likeness (QED) is 0.0222. The summed E-state index contributed by atoms with van der Waals surface area (Å²) in [6.07, 6.45) is 44.4. The van der Waals surface area contributed by atoms with Gasteiger partial charge in [-0.1, -0.05) is 306 Å². The molecule has 0 heterocycles. The van der Waals surface area contributed by atoms with Crippen molar-refractivity contribution in [3.63, 3.8) is 0 Å². The Bertz CT molecular complexity index is 1800. The lowest BCUT2D eigenvalue weighted by atomic mass is 9.99. The minimum absolute atomic E-state index is 0.104. The molecule has 0 rings (SSSR count). The first-order chi connectivity index (χ1) is 43.7. The van der Waals surface area contributed by atoms with Gasteiger partial charge in [-0.25, -0.2) is 9.13 Å². The molecule has 0 radical (unpaired) electrons. The van der Waals surface area contributed by atoms with E-state index >= 15 is 0 Å². The monoisotopic (exact) mass is 1340 g/mol. The van der Waals surface area contributed by atoms with Crippen LogP contribution in [0.25, 0.3) is 0 Å². The summed E-state index contributed by atoms with van der Waals surface area (Å²) in [5, 5.41) is 10.6. The molecule has 3 N–H and O–H groups in total. The molecule has 7 atom stereocenters. The van der Waals surface area contributed by atoms with E-state index < -0.39 is 97.5 Å². The molecule has 0 aliphatic heterocycles. The zero-order valence-corrected chi connectivity index (χ0v) is 61.3. The normalized spacial score (nSPS) is 14.8. The molecule has 0 amide bonds. The zero-order chi connectivity index (χ0) is 67.5. The SMILES string of the molecule is CCC(C)CCCCCCCCCCC(=O)OC[C@H](COP(=O)(O)OCC(O)COP(=O)(O)OC[C@@H](COC(=O)CCCCCCCCCC(C)C)OC(=O)CCCCCCCCCCCCCCCCC(C)C)OC(=O)CCCCCCCCCCC(C)CC. The molecule has 17 nitrogen and oxygen atoms in total. The highest BCUT2D eigenvalue weighted by molar-refractivity contribution is 7.47. The smallest absolute Gasteiger partial charge is 0.462 e. The van der Waals surface area contributed by atoms with Crippen LogP contribution in [0.15, 0.2) is 0 Å². The van der Waals surface area contributed by atoms with Gasteiger partial charge < -0.3 is 33.8 Å². The van der Waals surface area contributed by atoms with Crippen LogP contribution < -0.4 is 0 Å². The number of esters is 4. The van der Waals surface area contributed by atoms with Crippen LogP contribution in [0.2, 0.25) is 0 Å². The number of unbranched alkanes of at least 4 members (excludes halogenated alkanes) is 33. The van der Waals surface area contributed by atoms with Crippen LogP contribution in [-0.2, 0) is 65.4 Å². The van der Waals surface area contributed by atoms with E-state index in [2.05, 4.69) is 55.4 Å². The highest BCUT2D eigenvalue weighted by Gasteiger charge is 2.30. The topological polar surface area (TPSA) is 237 Å². The summed E-state index contributed by atoms with van der Waals surface area (Å²) in [6.45, 7) is 14.1. The number of phosphoric ester groups is 2. The first kappa shape index (κ1) is 89.1. The minimum Gasteiger partial charge on any atom is -0.462 e. The summed E-state index contributed by atoms with van der Waals surface area (Å²) in [4.78, 5) is 72.6. The van der Waals surface area contributed by atoms with Crippen molar-refractivity contribution in [2.45, 2.75) is 375 Å². The van der Waals surface area contributed by atoms with Gasteiger partial charge >= 0.3 is 39.5 Å². The molecule has 0 aromatic heterocycles. The van der Waals surface area contributed by atoms with Crippen molar-refractivity contribution >= 4 is 39.5 Å². The molecule has 0 aliphatic rings. The Kier molecular flexibility index (Phi) is 60.3. The molecule has 0 saturated carbocycles. The largest absolute Gasteiger partial charge is 0.472 e. The van der Waals surface area contributed by atoms with Gasteiger partial charge in [-0.05, 0) is 49.4 Å². The van der Waals surface area contributed by atoms with Crippen LogP contribution in [0.5, 0.6) is 0 Å². The third-order valence-electron chi connectivity index (χ3n) is 17.3. The number of carbonyl (C=O) groups excluding carboxylic acids is 4. The molecule has 540 valence electrons. The fourth-order valence-electron chi connectivity index (χ4n) is 10.8. The van der Waals surface area contributed by atoms with E-state index in [0.29, 0.717) is 31.6 Å². The van der Waals surface area contributed by atoms with Gasteiger partial charge in [-0.3, -0.25) is 37.3 Å². The zero-order valence-electron chi connectivity index (χ0n) is 59.5. The Morgan fingerprint density at radius 3 is 0.780 bits per heavy atom. The van der Waals surface area contributed by atoms with Gasteiger partial charge in [0.25, 0.3) is 0 Å². The maximum Gasteiger partial charge on any atom is 0.472 e. The lowest BCUT2D eigenvalue weighted by Gasteiger charge is -2.21. The molecule has 0 aromatic rings. The number of aliphatic hydroxyl groups is 1. The van der Waals surface area contributed by atoms with Crippen molar-refractivity contribution in [1.82, 2.24) is 0 Å². The number of hydrogen-bond donors (Lipinski definition) is 3. The lowest BCUT2D eigenvalue weighted by Crippen LogP contribution is -2.30. The summed E-state index contributed by atoms with van der Waals surface area (Å²) in [6, 6.07) is 0. The number of ether oxygens (including phenoxy) is 4. The maximum absolute atomic E-state index is 13.0. The Hall–Kier alpha value is -1.94. The van der Waals surface area contributed by atoms with Gasteiger partial charge in [0.2, 0.25) is 0 Å². The molecular weight excluding hydrogens is 1200 g/mol. The third-order valence-corrected chi connectivity index (χ3v) is 19.2. The van der Waals surface area contributed by atoms with Crippen molar-refractivity contribution in [2.75, 3.05) is 39.6 Å². The molecule has 0 saturated heterocycles. The molecule has 0 bridgehead atoms. The average Bonchev–Trinajstić information content (AvgIpc) is 3.63. The fourth-order valence-corrected chi connectivity index (χ4v) is 12.4.